The Labute approximate surface area is 110 Å². The van der Waals surface area contributed by atoms with Gasteiger partial charge in [0.15, 0.2) is 0 Å². The molecule has 72 valence electrons. The third-order valence-corrected chi connectivity index (χ3v) is 2.90. The zero-order valence-corrected chi connectivity index (χ0v) is 11.4. The van der Waals surface area contributed by atoms with Crippen LogP contribution in [0.4, 0.5) is 0 Å². The average Bonchev–Trinajstić information content (AvgIpc) is 2.15. The first-order valence-electron chi connectivity index (χ1n) is 4.32. The van der Waals surface area contributed by atoms with Crippen LogP contribution in [-0.2, 0) is 17.5 Å². The third kappa shape index (κ3) is 5.27. The number of aryl methyl sites for hydroxylation is 1. The van der Waals surface area contributed by atoms with E-state index in [2.05, 4.69) is 0 Å². The van der Waals surface area contributed by atoms with Crippen molar-refractivity contribution in [1.82, 2.24) is 0 Å². The summed E-state index contributed by atoms with van der Waals surface area (Å²) in [5.41, 5.74) is 1.19. The summed E-state index contributed by atoms with van der Waals surface area (Å²) in [6.07, 6.45) is 1.52. The van der Waals surface area contributed by atoms with Crippen LogP contribution in [0.2, 0.25) is 0 Å². The summed E-state index contributed by atoms with van der Waals surface area (Å²) in [6, 6.07) is 9.92. The normalized spacial score (nSPS) is 14.1. The molecule has 0 fully saturated rings. The van der Waals surface area contributed by atoms with E-state index < -0.39 is 11.1 Å². The summed E-state index contributed by atoms with van der Waals surface area (Å²) in [6.45, 7) is 1.73. The number of hydrogen-bond donors (Lipinski definition) is 0. The molecule has 0 aliphatic rings. The first-order valence-corrected chi connectivity index (χ1v) is 5.46. The van der Waals surface area contributed by atoms with Crippen LogP contribution in [0.1, 0.15) is 18.9 Å². The molecule has 0 heterocycles. The molecular weight excluding hydrogens is 207 g/mol. The van der Waals surface area contributed by atoms with Crippen LogP contribution in [0.5, 0.6) is 0 Å². The van der Waals surface area contributed by atoms with Gasteiger partial charge in [0.25, 0.3) is 0 Å². The Kier molecular flexibility index (Phi) is 7.78. The van der Waals surface area contributed by atoms with Crippen molar-refractivity contribution in [1.29, 1.82) is 0 Å². The summed E-state index contributed by atoms with van der Waals surface area (Å²) < 4.78 is 21.0. The fourth-order valence-electron chi connectivity index (χ4n) is 1.11. The molecule has 0 saturated carbocycles. The monoisotopic (exact) mass is 220 g/mol. The van der Waals surface area contributed by atoms with Gasteiger partial charge < -0.3 is 4.55 Å². The van der Waals surface area contributed by atoms with E-state index in [0.717, 1.165) is 6.42 Å². The third-order valence-electron chi connectivity index (χ3n) is 2.01. The Bertz CT molecular complexity index is 277. The van der Waals surface area contributed by atoms with Gasteiger partial charge in [0.2, 0.25) is 0 Å². The molecule has 1 aromatic carbocycles. The minimum Gasteiger partial charge on any atom is -0.772 e. The molecule has 4 heteroatoms. The predicted molar refractivity (Wildman–Crippen MR) is 53.1 cm³/mol. The van der Waals surface area contributed by atoms with Crippen LogP contribution < -0.4 is 29.6 Å². The van der Waals surface area contributed by atoms with E-state index in [4.69, 9.17) is 0 Å². The second kappa shape index (κ2) is 7.60. The van der Waals surface area contributed by atoms with E-state index >= 15 is 0 Å². The molecule has 0 bridgehead atoms. The molecule has 0 saturated heterocycles. The molecule has 1 aromatic rings. The standard InChI is InChI=1S/C10H14O2S.Na/c1-9(13(11)12)7-8-10-5-3-2-4-6-10;/h2-6,9H,7-8H2,1H3,(H,11,12);/q;+1/p-1. The minimum absolute atomic E-state index is 0. The van der Waals surface area contributed by atoms with Crippen LogP contribution in [0.3, 0.4) is 0 Å². The van der Waals surface area contributed by atoms with Crippen LogP contribution in [-0.4, -0.2) is 14.0 Å². The van der Waals surface area contributed by atoms with Crippen molar-refractivity contribution in [3.8, 4) is 0 Å². The van der Waals surface area contributed by atoms with Crippen molar-refractivity contribution >= 4 is 11.1 Å². The second-order valence-corrected chi connectivity index (χ2v) is 4.42. The maximum Gasteiger partial charge on any atom is 1.00 e. The fraction of sp³-hybridized carbons (Fsp3) is 0.400. The van der Waals surface area contributed by atoms with Crippen LogP contribution in [0.15, 0.2) is 30.3 Å². The molecule has 0 N–H and O–H groups in total. The SMILES string of the molecule is CC(CCc1ccccc1)S(=O)[O-].[Na+]. The summed E-state index contributed by atoms with van der Waals surface area (Å²) in [4.78, 5) is 0. The van der Waals surface area contributed by atoms with Gasteiger partial charge in [-0.1, -0.05) is 48.3 Å². The number of benzene rings is 1. The van der Waals surface area contributed by atoms with Gasteiger partial charge in [0.1, 0.15) is 0 Å². The van der Waals surface area contributed by atoms with Gasteiger partial charge in [-0.25, -0.2) is 0 Å². The molecule has 0 spiro atoms. The summed E-state index contributed by atoms with van der Waals surface area (Å²) in [5.74, 6) is 0. The van der Waals surface area contributed by atoms with Gasteiger partial charge in [0.05, 0.1) is 0 Å². The molecule has 0 aliphatic carbocycles. The quantitative estimate of drug-likeness (QED) is 0.477. The zero-order chi connectivity index (χ0) is 9.68. The Morgan fingerprint density at radius 2 is 1.93 bits per heavy atom. The molecule has 0 amide bonds. The molecule has 2 unspecified atom stereocenters. The van der Waals surface area contributed by atoms with Crippen LogP contribution in [0, 0.1) is 0 Å². The molecule has 1 rings (SSSR count). The van der Waals surface area contributed by atoms with E-state index in [1.807, 2.05) is 30.3 Å². The molecule has 0 radical (unpaired) electrons. The fourth-order valence-corrected chi connectivity index (χ4v) is 1.42. The van der Waals surface area contributed by atoms with Gasteiger partial charge in [-0.3, -0.25) is 4.21 Å². The Morgan fingerprint density at radius 3 is 2.43 bits per heavy atom. The van der Waals surface area contributed by atoms with Gasteiger partial charge in [0, 0.05) is 5.25 Å². The van der Waals surface area contributed by atoms with Crippen molar-refractivity contribution in [2.75, 3.05) is 0 Å². The van der Waals surface area contributed by atoms with E-state index in [0.29, 0.717) is 6.42 Å². The minimum atomic E-state index is -1.93. The molecular formula is C10H13NaO2S. The van der Waals surface area contributed by atoms with Crippen molar-refractivity contribution in [3.63, 3.8) is 0 Å². The van der Waals surface area contributed by atoms with Gasteiger partial charge in [-0.15, -0.1) is 0 Å². The maximum atomic E-state index is 10.5. The van der Waals surface area contributed by atoms with Gasteiger partial charge in [-0.05, 0) is 18.4 Å². The van der Waals surface area contributed by atoms with Gasteiger partial charge >= 0.3 is 29.6 Å². The topological polar surface area (TPSA) is 40.1 Å². The van der Waals surface area contributed by atoms with Crippen LogP contribution in [0.25, 0.3) is 0 Å². The van der Waals surface area contributed by atoms with Crippen LogP contribution >= 0.6 is 0 Å². The van der Waals surface area contributed by atoms with Crippen molar-refractivity contribution in [3.05, 3.63) is 35.9 Å². The first-order chi connectivity index (χ1) is 6.20. The Balaban J connectivity index is 0.00000169. The first kappa shape index (κ1) is 14.3. The Morgan fingerprint density at radius 1 is 1.36 bits per heavy atom. The van der Waals surface area contributed by atoms with Gasteiger partial charge in [-0.2, -0.15) is 0 Å². The van der Waals surface area contributed by atoms with Crippen molar-refractivity contribution in [2.24, 2.45) is 0 Å². The molecule has 2 nitrogen and oxygen atoms in total. The zero-order valence-electron chi connectivity index (χ0n) is 8.60. The van der Waals surface area contributed by atoms with E-state index in [1.54, 1.807) is 6.92 Å². The number of rotatable bonds is 4. The molecule has 0 aromatic heterocycles. The second-order valence-electron chi connectivity index (χ2n) is 3.10. The van der Waals surface area contributed by atoms with Crippen molar-refractivity contribution in [2.45, 2.75) is 25.0 Å². The largest absolute Gasteiger partial charge is 1.00 e. The molecule has 2 atom stereocenters. The number of hydrogen-bond acceptors (Lipinski definition) is 2. The molecule has 0 aliphatic heterocycles. The van der Waals surface area contributed by atoms with E-state index in [9.17, 15) is 8.76 Å². The Hall–Kier alpha value is 0.330. The van der Waals surface area contributed by atoms with Crippen molar-refractivity contribution < 1.29 is 38.3 Å². The maximum absolute atomic E-state index is 10.5. The smallest absolute Gasteiger partial charge is 0.772 e. The summed E-state index contributed by atoms with van der Waals surface area (Å²) in [7, 11) is 0. The summed E-state index contributed by atoms with van der Waals surface area (Å²) >= 11 is -1.93. The average molecular weight is 220 g/mol. The summed E-state index contributed by atoms with van der Waals surface area (Å²) in [5, 5.41) is -0.250. The molecule has 14 heavy (non-hydrogen) atoms. The van der Waals surface area contributed by atoms with E-state index in [1.165, 1.54) is 5.56 Å². The predicted octanol–water partition coefficient (Wildman–Crippen LogP) is -1.11. The van der Waals surface area contributed by atoms with E-state index in [-0.39, 0.29) is 34.8 Å².